The molecule has 4 aromatic rings. The van der Waals surface area contributed by atoms with Crippen molar-refractivity contribution in [3.8, 4) is 11.1 Å². The number of thiophene rings is 1. The lowest BCUT2D eigenvalue weighted by Gasteiger charge is -2.18. The van der Waals surface area contributed by atoms with Crippen LogP contribution in [0.5, 0.6) is 0 Å². The van der Waals surface area contributed by atoms with Crippen molar-refractivity contribution in [2.45, 2.75) is 26.3 Å². The van der Waals surface area contributed by atoms with Gasteiger partial charge in [-0.3, -0.25) is 14.2 Å². The van der Waals surface area contributed by atoms with E-state index in [2.05, 4.69) is 10.3 Å². The number of nitrogens with zero attached hydrogens (tertiary/aromatic N) is 2. The second kappa shape index (κ2) is 9.02. The maximum absolute atomic E-state index is 13.5. The van der Waals surface area contributed by atoms with Crippen LogP contribution in [0, 0.1) is 12.7 Å². The fourth-order valence-electron chi connectivity index (χ4n) is 3.62. The van der Waals surface area contributed by atoms with Gasteiger partial charge in [-0.05, 0) is 49.2 Å². The Bertz CT molecular complexity index is 1380. The van der Waals surface area contributed by atoms with E-state index >= 15 is 0 Å². The maximum atomic E-state index is 13.5. The Kier molecular flexibility index (Phi) is 6.33. The molecule has 0 radical (unpaired) electrons. The summed E-state index contributed by atoms with van der Waals surface area (Å²) >= 11 is 13.5. The summed E-state index contributed by atoms with van der Waals surface area (Å²) in [5, 5.41) is 3.93. The van der Waals surface area contributed by atoms with Crippen molar-refractivity contribution >= 4 is 56.3 Å². The Morgan fingerprint density at radius 3 is 2.59 bits per heavy atom. The van der Waals surface area contributed by atoms with Crippen molar-refractivity contribution < 1.29 is 9.18 Å². The predicted octanol–water partition coefficient (Wildman–Crippen LogP) is 6.47. The lowest BCUT2D eigenvalue weighted by Crippen LogP contribution is -2.33. The molecule has 32 heavy (non-hydrogen) atoms. The molecule has 1 atom stereocenters. The predicted molar refractivity (Wildman–Crippen MR) is 128 cm³/mol. The number of aryl methyl sites for hydroxylation is 1. The van der Waals surface area contributed by atoms with E-state index in [4.69, 9.17) is 23.2 Å². The van der Waals surface area contributed by atoms with E-state index in [0.29, 0.717) is 37.9 Å². The number of fused-ring (bicyclic) bond motifs is 1. The highest BCUT2D eigenvalue weighted by atomic mass is 35.5. The molecule has 0 aliphatic rings. The molecule has 2 aromatic carbocycles. The maximum Gasteiger partial charge on any atom is 0.263 e. The minimum Gasteiger partial charge on any atom is -0.323 e. The zero-order valence-corrected chi connectivity index (χ0v) is 19.5. The van der Waals surface area contributed by atoms with Gasteiger partial charge in [-0.15, -0.1) is 11.3 Å². The summed E-state index contributed by atoms with van der Waals surface area (Å²) in [6.07, 6.45) is 1.76. The lowest BCUT2D eigenvalue weighted by atomic mass is 10.0. The SMILES string of the molecule is CCC(C(=O)Nc1ccc(Cl)cc1Cl)n1cnc2sc(C)c(-c3ccc(F)cc3)c2c1=O. The minimum atomic E-state index is -0.799. The van der Waals surface area contributed by atoms with E-state index in [1.165, 1.54) is 40.4 Å². The number of anilines is 1. The fourth-order valence-corrected chi connectivity index (χ4v) is 5.08. The number of carbonyl (C=O) groups is 1. The molecule has 0 saturated carbocycles. The monoisotopic (exact) mass is 489 g/mol. The number of amides is 1. The first-order valence-corrected chi connectivity index (χ1v) is 11.4. The van der Waals surface area contributed by atoms with Crippen molar-refractivity contribution in [1.82, 2.24) is 9.55 Å². The normalized spacial score (nSPS) is 12.2. The highest BCUT2D eigenvalue weighted by molar-refractivity contribution is 7.19. The summed E-state index contributed by atoms with van der Waals surface area (Å²) in [6.45, 7) is 3.70. The van der Waals surface area contributed by atoms with E-state index in [1.54, 1.807) is 24.3 Å². The third-order valence-corrected chi connectivity index (χ3v) is 6.72. The van der Waals surface area contributed by atoms with Crippen LogP contribution in [0.3, 0.4) is 0 Å². The van der Waals surface area contributed by atoms with Crippen LogP contribution in [0.25, 0.3) is 21.3 Å². The van der Waals surface area contributed by atoms with E-state index in [-0.39, 0.29) is 11.4 Å². The van der Waals surface area contributed by atoms with Crippen molar-refractivity contribution in [3.63, 3.8) is 0 Å². The van der Waals surface area contributed by atoms with Crippen LogP contribution >= 0.6 is 34.5 Å². The Morgan fingerprint density at radius 2 is 1.94 bits per heavy atom. The molecule has 0 bridgehead atoms. The van der Waals surface area contributed by atoms with Gasteiger partial charge in [0.2, 0.25) is 5.91 Å². The van der Waals surface area contributed by atoms with Crippen LogP contribution in [-0.2, 0) is 4.79 Å². The van der Waals surface area contributed by atoms with Crippen molar-refractivity contribution in [1.29, 1.82) is 0 Å². The number of benzene rings is 2. The summed E-state index contributed by atoms with van der Waals surface area (Å²) in [5.41, 5.74) is 1.49. The Labute approximate surface area is 197 Å². The standard InChI is InChI=1S/C23H18Cl2FN3O2S/c1-3-18(21(30)28-17-9-6-14(24)10-16(17)25)29-11-27-22-20(23(29)31)19(12(2)32-22)13-4-7-15(26)8-5-13/h4-11,18H,3H2,1-2H3,(H,28,30). The van der Waals surface area contributed by atoms with Crippen molar-refractivity contribution in [2.75, 3.05) is 5.32 Å². The second-order valence-corrected chi connectivity index (χ2v) is 9.26. The summed E-state index contributed by atoms with van der Waals surface area (Å²) in [7, 11) is 0. The molecule has 164 valence electrons. The van der Waals surface area contributed by atoms with Crippen LogP contribution in [0.15, 0.2) is 53.6 Å². The van der Waals surface area contributed by atoms with E-state index < -0.39 is 11.9 Å². The van der Waals surface area contributed by atoms with Crippen LogP contribution in [0.1, 0.15) is 24.3 Å². The van der Waals surface area contributed by atoms with Gasteiger partial charge in [-0.2, -0.15) is 0 Å². The van der Waals surface area contributed by atoms with Gasteiger partial charge in [0.15, 0.2) is 0 Å². The molecule has 4 rings (SSSR count). The summed E-state index contributed by atoms with van der Waals surface area (Å²) in [6, 6.07) is 9.92. The molecular weight excluding hydrogens is 472 g/mol. The Hall–Kier alpha value is -2.74. The van der Waals surface area contributed by atoms with Crippen LogP contribution in [0.2, 0.25) is 10.0 Å². The second-order valence-electron chi connectivity index (χ2n) is 7.21. The highest BCUT2D eigenvalue weighted by Gasteiger charge is 2.24. The quantitative estimate of drug-likeness (QED) is 0.349. The molecule has 0 aliphatic carbocycles. The smallest absolute Gasteiger partial charge is 0.263 e. The van der Waals surface area contributed by atoms with Crippen LogP contribution < -0.4 is 10.9 Å². The fraction of sp³-hybridized carbons (Fsp3) is 0.174. The van der Waals surface area contributed by atoms with Crippen molar-refractivity contribution in [2.24, 2.45) is 0 Å². The zero-order valence-electron chi connectivity index (χ0n) is 17.2. The molecule has 2 heterocycles. The van der Waals surface area contributed by atoms with Crippen LogP contribution in [0.4, 0.5) is 10.1 Å². The van der Waals surface area contributed by atoms with E-state index in [1.807, 2.05) is 13.8 Å². The first-order chi connectivity index (χ1) is 15.3. The zero-order chi connectivity index (χ0) is 23.0. The average Bonchev–Trinajstić information content (AvgIpc) is 3.09. The molecule has 5 nitrogen and oxygen atoms in total. The Balaban J connectivity index is 1.78. The van der Waals surface area contributed by atoms with Gasteiger partial charge in [-0.1, -0.05) is 42.3 Å². The van der Waals surface area contributed by atoms with E-state index in [0.717, 1.165) is 10.4 Å². The number of nitrogens with one attached hydrogen (secondary N) is 1. The number of carbonyl (C=O) groups excluding carboxylic acids is 1. The average molecular weight is 490 g/mol. The van der Waals surface area contributed by atoms with Gasteiger partial charge < -0.3 is 5.32 Å². The van der Waals surface area contributed by atoms with Gasteiger partial charge in [0, 0.05) is 15.5 Å². The Morgan fingerprint density at radius 1 is 1.22 bits per heavy atom. The van der Waals surface area contributed by atoms with Gasteiger partial charge in [0.05, 0.1) is 22.4 Å². The lowest BCUT2D eigenvalue weighted by molar-refractivity contribution is -0.119. The van der Waals surface area contributed by atoms with E-state index in [9.17, 15) is 14.0 Å². The molecule has 2 aromatic heterocycles. The number of hydrogen-bond acceptors (Lipinski definition) is 4. The molecule has 1 amide bonds. The summed E-state index contributed by atoms with van der Waals surface area (Å²) in [5.74, 6) is -0.750. The molecule has 0 fully saturated rings. The van der Waals surface area contributed by atoms with Gasteiger partial charge in [0.25, 0.3) is 5.56 Å². The summed E-state index contributed by atoms with van der Waals surface area (Å²) < 4.78 is 14.8. The first kappa shape index (κ1) is 22.5. The molecular formula is C23H18Cl2FN3O2S. The number of halogens is 3. The number of rotatable bonds is 5. The molecule has 0 saturated heterocycles. The molecule has 9 heteroatoms. The van der Waals surface area contributed by atoms with Crippen LogP contribution in [-0.4, -0.2) is 15.5 Å². The molecule has 0 aliphatic heterocycles. The topological polar surface area (TPSA) is 64.0 Å². The van der Waals surface area contributed by atoms with Gasteiger partial charge >= 0.3 is 0 Å². The third kappa shape index (κ3) is 4.16. The van der Waals surface area contributed by atoms with Gasteiger partial charge in [0.1, 0.15) is 16.7 Å². The van der Waals surface area contributed by atoms with Crippen molar-refractivity contribution in [3.05, 3.63) is 79.9 Å². The molecule has 1 N–H and O–H groups in total. The molecule has 0 spiro atoms. The largest absolute Gasteiger partial charge is 0.323 e. The molecule has 1 unspecified atom stereocenters. The van der Waals surface area contributed by atoms with Gasteiger partial charge in [-0.25, -0.2) is 9.37 Å². The third-order valence-electron chi connectivity index (χ3n) is 5.16. The highest BCUT2D eigenvalue weighted by Crippen LogP contribution is 2.36. The minimum absolute atomic E-state index is 0.300. The first-order valence-electron chi connectivity index (χ1n) is 9.82. The number of hydrogen-bond donors (Lipinski definition) is 1. The summed E-state index contributed by atoms with van der Waals surface area (Å²) in [4.78, 5) is 32.4. The number of aromatic nitrogens is 2.